The topological polar surface area (TPSA) is 38.3 Å². The number of rotatable bonds is 7. The Morgan fingerprint density at radius 3 is 2.33 bits per heavy atom. The zero-order valence-corrected chi connectivity index (χ0v) is 12.8. The first kappa shape index (κ1) is 15.6. The lowest BCUT2D eigenvalue weighted by molar-refractivity contribution is -0.109. The smallest absolute Gasteiger partial charge is 0.186 e. The Bertz CT molecular complexity index is 545. The molecule has 2 rings (SSSR count). The van der Waals surface area contributed by atoms with Crippen molar-refractivity contribution in [3.8, 4) is 0 Å². The van der Waals surface area contributed by atoms with E-state index in [1.807, 2.05) is 48.5 Å². The molecule has 1 N–H and O–H groups in total. The lowest BCUT2D eigenvalue weighted by Crippen LogP contribution is -2.19. The maximum Gasteiger partial charge on any atom is 0.186 e. The van der Waals surface area contributed by atoms with Crippen LogP contribution in [0.4, 0.5) is 5.69 Å². The summed E-state index contributed by atoms with van der Waals surface area (Å²) in [5.74, 6) is 0. The molecule has 21 heavy (non-hydrogen) atoms. The molecule has 0 aromatic heterocycles. The molecule has 0 bridgehead atoms. The van der Waals surface area contributed by atoms with E-state index in [0.29, 0.717) is 6.61 Å². The highest BCUT2D eigenvalue weighted by atomic mass is 32.2. The Morgan fingerprint density at radius 1 is 1.10 bits per heavy atom. The van der Waals surface area contributed by atoms with Crippen LogP contribution in [-0.4, -0.2) is 17.0 Å². The number of hydrogen-bond donors (Lipinski definition) is 1. The summed E-state index contributed by atoms with van der Waals surface area (Å²) in [7, 11) is 0. The van der Waals surface area contributed by atoms with Gasteiger partial charge in [-0.1, -0.05) is 60.3 Å². The largest absolute Gasteiger partial charge is 0.288 e. The number of thioether (sulfide) groups is 1. The van der Waals surface area contributed by atoms with Crippen LogP contribution in [0.5, 0.6) is 0 Å². The molecule has 2 aromatic carbocycles. The first-order chi connectivity index (χ1) is 10.2. The van der Waals surface area contributed by atoms with Crippen molar-refractivity contribution >= 4 is 22.6 Å². The SMILES string of the molecule is CC(=O)SC(CONc1ccccc1)Cc1ccccc1. The molecule has 0 aliphatic rings. The fourth-order valence-electron chi connectivity index (χ4n) is 1.97. The molecule has 1 atom stereocenters. The molecule has 0 spiro atoms. The fraction of sp³-hybridized carbons (Fsp3) is 0.235. The minimum atomic E-state index is 0.0983. The van der Waals surface area contributed by atoms with Crippen molar-refractivity contribution in [3.05, 3.63) is 66.2 Å². The summed E-state index contributed by atoms with van der Waals surface area (Å²) in [5, 5.41) is 0.209. The summed E-state index contributed by atoms with van der Waals surface area (Å²) in [6, 6.07) is 19.8. The van der Waals surface area contributed by atoms with E-state index in [0.717, 1.165) is 12.1 Å². The van der Waals surface area contributed by atoms with E-state index in [1.54, 1.807) is 6.92 Å². The molecule has 0 fully saturated rings. The van der Waals surface area contributed by atoms with Crippen LogP contribution in [-0.2, 0) is 16.1 Å². The molecular weight excluding hydrogens is 282 g/mol. The Kier molecular flexibility index (Phi) is 6.31. The van der Waals surface area contributed by atoms with E-state index in [2.05, 4.69) is 17.6 Å². The van der Waals surface area contributed by atoms with Gasteiger partial charge in [-0.2, -0.15) is 0 Å². The van der Waals surface area contributed by atoms with Crippen LogP contribution in [0.1, 0.15) is 12.5 Å². The molecule has 0 amide bonds. The minimum Gasteiger partial charge on any atom is -0.288 e. The van der Waals surface area contributed by atoms with Gasteiger partial charge in [0.1, 0.15) is 0 Å². The maximum absolute atomic E-state index is 11.4. The highest BCUT2D eigenvalue weighted by Gasteiger charge is 2.13. The van der Waals surface area contributed by atoms with Crippen molar-refractivity contribution in [2.24, 2.45) is 0 Å². The van der Waals surface area contributed by atoms with Crippen molar-refractivity contribution in [1.29, 1.82) is 0 Å². The molecule has 0 aliphatic carbocycles. The summed E-state index contributed by atoms with van der Waals surface area (Å²) in [4.78, 5) is 16.9. The average Bonchev–Trinajstić information content (AvgIpc) is 2.49. The Hall–Kier alpha value is -1.78. The standard InChI is InChI=1S/C17H19NO2S/c1-14(19)21-17(12-15-8-4-2-5-9-15)13-20-18-16-10-6-3-7-11-16/h2-11,17-18H,12-13H2,1H3. The molecule has 3 nitrogen and oxygen atoms in total. The predicted molar refractivity (Wildman–Crippen MR) is 88.2 cm³/mol. The summed E-state index contributed by atoms with van der Waals surface area (Å²) in [6.07, 6.45) is 0.807. The molecule has 0 heterocycles. The van der Waals surface area contributed by atoms with Gasteiger partial charge in [0.15, 0.2) is 5.12 Å². The van der Waals surface area contributed by atoms with E-state index in [1.165, 1.54) is 17.3 Å². The molecule has 0 aliphatic heterocycles. The van der Waals surface area contributed by atoms with Crippen LogP contribution >= 0.6 is 11.8 Å². The summed E-state index contributed by atoms with van der Waals surface area (Å²) >= 11 is 1.33. The molecule has 2 aromatic rings. The van der Waals surface area contributed by atoms with Gasteiger partial charge in [-0.3, -0.25) is 15.1 Å². The number of carbonyl (C=O) groups excluding carboxylic acids is 1. The van der Waals surface area contributed by atoms with Crippen molar-refractivity contribution < 1.29 is 9.63 Å². The van der Waals surface area contributed by atoms with Gasteiger partial charge in [-0.15, -0.1) is 0 Å². The summed E-state index contributed by atoms with van der Waals surface area (Å²) in [6.45, 7) is 2.06. The van der Waals surface area contributed by atoms with E-state index >= 15 is 0 Å². The maximum atomic E-state index is 11.4. The van der Waals surface area contributed by atoms with Crippen molar-refractivity contribution in [3.63, 3.8) is 0 Å². The zero-order valence-electron chi connectivity index (χ0n) is 12.0. The van der Waals surface area contributed by atoms with Gasteiger partial charge < -0.3 is 0 Å². The average molecular weight is 301 g/mol. The molecule has 0 radical (unpaired) electrons. The summed E-state index contributed by atoms with van der Waals surface area (Å²) in [5.41, 5.74) is 5.02. The van der Waals surface area contributed by atoms with Crippen LogP contribution < -0.4 is 5.48 Å². The molecule has 110 valence electrons. The second-order valence-electron chi connectivity index (χ2n) is 4.70. The number of nitrogens with one attached hydrogen (secondary N) is 1. The highest BCUT2D eigenvalue weighted by molar-refractivity contribution is 8.14. The van der Waals surface area contributed by atoms with Gasteiger partial charge >= 0.3 is 0 Å². The molecule has 0 saturated carbocycles. The Morgan fingerprint density at radius 2 is 1.71 bits per heavy atom. The Labute approximate surface area is 129 Å². The van der Waals surface area contributed by atoms with Crippen LogP contribution in [0.25, 0.3) is 0 Å². The fourth-order valence-corrected chi connectivity index (χ4v) is 2.85. The number of carbonyl (C=O) groups is 1. The van der Waals surface area contributed by atoms with Crippen molar-refractivity contribution in [2.75, 3.05) is 12.1 Å². The molecule has 4 heteroatoms. The van der Waals surface area contributed by atoms with Gasteiger partial charge in [0.25, 0.3) is 0 Å². The van der Waals surface area contributed by atoms with Gasteiger partial charge in [-0.05, 0) is 24.1 Å². The van der Waals surface area contributed by atoms with Crippen LogP contribution in [0, 0.1) is 0 Å². The zero-order chi connectivity index (χ0) is 14.9. The van der Waals surface area contributed by atoms with Gasteiger partial charge in [0.05, 0.1) is 12.3 Å². The van der Waals surface area contributed by atoms with Gasteiger partial charge in [-0.25, -0.2) is 0 Å². The normalized spacial score (nSPS) is 11.9. The summed E-state index contributed by atoms with van der Waals surface area (Å²) < 4.78 is 0. The van der Waals surface area contributed by atoms with E-state index in [9.17, 15) is 4.79 Å². The number of benzene rings is 2. The van der Waals surface area contributed by atoms with Gasteiger partial charge in [0.2, 0.25) is 0 Å². The minimum absolute atomic E-state index is 0.0983. The number of para-hydroxylation sites is 1. The number of hydrogen-bond acceptors (Lipinski definition) is 4. The lowest BCUT2D eigenvalue weighted by Gasteiger charge is -2.16. The third kappa shape index (κ3) is 6.02. The van der Waals surface area contributed by atoms with Crippen molar-refractivity contribution in [2.45, 2.75) is 18.6 Å². The van der Waals surface area contributed by atoms with E-state index in [4.69, 9.17) is 4.84 Å². The van der Waals surface area contributed by atoms with Crippen LogP contribution in [0.2, 0.25) is 0 Å². The van der Waals surface area contributed by atoms with Gasteiger partial charge in [0, 0.05) is 12.2 Å². The van der Waals surface area contributed by atoms with E-state index < -0.39 is 0 Å². The first-order valence-corrected chi connectivity index (χ1v) is 7.76. The predicted octanol–water partition coefficient (Wildman–Crippen LogP) is 3.92. The van der Waals surface area contributed by atoms with Crippen molar-refractivity contribution in [1.82, 2.24) is 0 Å². The third-order valence-corrected chi connectivity index (χ3v) is 3.84. The molecule has 0 saturated heterocycles. The second kappa shape index (κ2) is 8.49. The molecule has 1 unspecified atom stereocenters. The lowest BCUT2D eigenvalue weighted by atomic mass is 10.1. The molecular formula is C17H19NO2S. The first-order valence-electron chi connectivity index (χ1n) is 6.88. The van der Waals surface area contributed by atoms with Crippen LogP contribution in [0.3, 0.4) is 0 Å². The number of anilines is 1. The van der Waals surface area contributed by atoms with Crippen LogP contribution in [0.15, 0.2) is 60.7 Å². The second-order valence-corrected chi connectivity index (χ2v) is 6.18. The Balaban J connectivity index is 1.86. The third-order valence-electron chi connectivity index (χ3n) is 2.87. The quantitative estimate of drug-likeness (QED) is 0.787. The monoisotopic (exact) mass is 301 g/mol. The highest BCUT2D eigenvalue weighted by Crippen LogP contribution is 2.18. The van der Waals surface area contributed by atoms with E-state index in [-0.39, 0.29) is 10.4 Å².